The van der Waals surface area contributed by atoms with Gasteiger partial charge in [0.25, 0.3) is 0 Å². The molecule has 0 aromatic heterocycles. The summed E-state index contributed by atoms with van der Waals surface area (Å²) in [4.78, 5) is 2.39. The summed E-state index contributed by atoms with van der Waals surface area (Å²) in [6, 6.07) is 0. The highest BCUT2D eigenvalue weighted by molar-refractivity contribution is 4.75. The lowest BCUT2D eigenvalue weighted by molar-refractivity contribution is -0.0681. The van der Waals surface area contributed by atoms with Crippen molar-refractivity contribution < 1.29 is 4.74 Å². The van der Waals surface area contributed by atoms with E-state index in [2.05, 4.69) is 27.7 Å². The standard InChI is InChI=1S/C13H28N4O/c1-14-11-15-17-9-5-13(6-10-17)18-12-3-7-16(2)8-4-12/h12-15H,3-11H2,1-2H3. The molecule has 0 unspecified atom stereocenters. The van der Waals surface area contributed by atoms with Crippen molar-refractivity contribution in [2.75, 3.05) is 46.9 Å². The molecule has 0 saturated carbocycles. The Bertz CT molecular complexity index is 223. The summed E-state index contributed by atoms with van der Waals surface area (Å²) in [6.45, 7) is 5.42. The van der Waals surface area contributed by atoms with Crippen LogP contribution in [0.5, 0.6) is 0 Å². The van der Waals surface area contributed by atoms with Crippen molar-refractivity contribution in [1.29, 1.82) is 0 Å². The lowest BCUT2D eigenvalue weighted by Crippen LogP contribution is -2.48. The first kappa shape index (κ1) is 14.2. The van der Waals surface area contributed by atoms with E-state index in [0.29, 0.717) is 12.2 Å². The number of piperidine rings is 2. The van der Waals surface area contributed by atoms with E-state index >= 15 is 0 Å². The second kappa shape index (κ2) is 7.40. The first-order valence-electron chi connectivity index (χ1n) is 7.25. The van der Waals surface area contributed by atoms with Crippen LogP contribution >= 0.6 is 0 Å². The van der Waals surface area contributed by atoms with Crippen molar-refractivity contribution in [2.45, 2.75) is 37.9 Å². The lowest BCUT2D eigenvalue weighted by Gasteiger charge is -2.36. The van der Waals surface area contributed by atoms with Crippen LogP contribution in [0.1, 0.15) is 25.7 Å². The third kappa shape index (κ3) is 4.48. The minimum atomic E-state index is 0.478. The molecular formula is C13H28N4O. The van der Waals surface area contributed by atoms with Gasteiger partial charge < -0.3 is 15.0 Å². The van der Waals surface area contributed by atoms with E-state index in [-0.39, 0.29) is 0 Å². The van der Waals surface area contributed by atoms with Gasteiger partial charge in [-0.1, -0.05) is 0 Å². The molecule has 2 fully saturated rings. The summed E-state index contributed by atoms with van der Waals surface area (Å²) < 4.78 is 6.24. The molecule has 0 aliphatic carbocycles. The van der Waals surface area contributed by atoms with Crippen LogP contribution in [-0.4, -0.2) is 69.1 Å². The van der Waals surface area contributed by atoms with E-state index < -0.39 is 0 Å². The Kier molecular flexibility index (Phi) is 5.85. The topological polar surface area (TPSA) is 39.8 Å². The number of hydrazine groups is 1. The minimum Gasteiger partial charge on any atom is -0.375 e. The summed E-state index contributed by atoms with van der Waals surface area (Å²) >= 11 is 0. The van der Waals surface area contributed by atoms with Gasteiger partial charge in [0, 0.05) is 26.2 Å². The van der Waals surface area contributed by atoms with E-state index in [4.69, 9.17) is 4.74 Å². The smallest absolute Gasteiger partial charge is 0.0604 e. The van der Waals surface area contributed by atoms with Crippen LogP contribution in [0.4, 0.5) is 0 Å². The second-order valence-electron chi connectivity index (χ2n) is 5.51. The maximum Gasteiger partial charge on any atom is 0.0604 e. The van der Waals surface area contributed by atoms with Gasteiger partial charge in [0.05, 0.1) is 18.9 Å². The molecule has 0 aromatic carbocycles. The van der Waals surface area contributed by atoms with Gasteiger partial charge in [-0.3, -0.25) is 0 Å². The molecule has 18 heavy (non-hydrogen) atoms. The van der Waals surface area contributed by atoms with E-state index in [9.17, 15) is 0 Å². The number of nitrogens with zero attached hydrogens (tertiary/aromatic N) is 2. The number of ether oxygens (including phenoxy) is 1. The zero-order valence-electron chi connectivity index (χ0n) is 11.8. The molecule has 2 aliphatic heterocycles. The predicted molar refractivity (Wildman–Crippen MR) is 73.3 cm³/mol. The minimum absolute atomic E-state index is 0.478. The monoisotopic (exact) mass is 256 g/mol. The van der Waals surface area contributed by atoms with Crippen LogP contribution in [0.15, 0.2) is 0 Å². The number of nitrogens with one attached hydrogen (secondary N) is 2. The normalized spacial score (nSPS) is 25.7. The molecule has 2 saturated heterocycles. The third-order valence-electron chi connectivity index (χ3n) is 3.97. The first-order valence-corrected chi connectivity index (χ1v) is 7.25. The molecular weight excluding hydrogens is 228 g/mol. The highest BCUT2D eigenvalue weighted by atomic mass is 16.5. The second-order valence-corrected chi connectivity index (χ2v) is 5.51. The van der Waals surface area contributed by atoms with Crippen LogP contribution in [0.2, 0.25) is 0 Å². The maximum absolute atomic E-state index is 6.24. The average Bonchev–Trinajstić information content (AvgIpc) is 2.41. The average molecular weight is 256 g/mol. The van der Waals surface area contributed by atoms with E-state index in [1.165, 1.54) is 25.9 Å². The van der Waals surface area contributed by atoms with E-state index in [1.54, 1.807) is 0 Å². The molecule has 2 heterocycles. The molecule has 0 amide bonds. The van der Waals surface area contributed by atoms with Crippen LogP contribution in [0.25, 0.3) is 0 Å². The van der Waals surface area contributed by atoms with Gasteiger partial charge in [-0.2, -0.15) is 0 Å². The molecule has 0 bridgehead atoms. The van der Waals surface area contributed by atoms with Gasteiger partial charge in [-0.05, 0) is 39.8 Å². The van der Waals surface area contributed by atoms with Gasteiger partial charge >= 0.3 is 0 Å². The molecule has 0 spiro atoms. The van der Waals surface area contributed by atoms with Crippen molar-refractivity contribution in [3.05, 3.63) is 0 Å². The van der Waals surface area contributed by atoms with Crippen LogP contribution in [0, 0.1) is 0 Å². The number of hydrogen-bond acceptors (Lipinski definition) is 5. The van der Waals surface area contributed by atoms with E-state index in [0.717, 1.165) is 32.6 Å². The Balaban J connectivity index is 1.61. The molecule has 2 N–H and O–H groups in total. The quantitative estimate of drug-likeness (QED) is 0.690. The van der Waals surface area contributed by atoms with Crippen molar-refractivity contribution in [3.63, 3.8) is 0 Å². The van der Waals surface area contributed by atoms with E-state index in [1.807, 2.05) is 7.05 Å². The lowest BCUT2D eigenvalue weighted by atomic mass is 10.1. The largest absolute Gasteiger partial charge is 0.375 e. The fraction of sp³-hybridized carbons (Fsp3) is 1.00. The molecule has 5 nitrogen and oxygen atoms in total. The van der Waals surface area contributed by atoms with Crippen LogP contribution < -0.4 is 10.7 Å². The summed E-state index contributed by atoms with van der Waals surface area (Å²) in [5.41, 5.74) is 3.36. The summed E-state index contributed by atoms with van der Waals surface area (Å²) in [6.07, 6.45) is 5.70. The highest BCUT2D eigenvalue weighted by Gasteiger charge is 2.24. The molecule has 106 valence electrons. The number of likely N-dealkylation sites (tertiary alicyclic amines) is 1. The first-order chi connectivity index (χ1) is 8.78. The fourth-order valence-electron chi connectivity index (χ4n) is 2.73. The highest BCUT2D eigenvalue weighted by Crippen LogP contribution is 2.19. The van der Waals surface area contributed by atoms with Gasteiger partial charge in [-0.25, -0.2) is 10.4 Å². The van der Waals surface area contributed by atoms with Gasteiger partial charge in [0.1, 0.15) is 0 Å². The summed E-state index contributed by atoms with van der Waals surface area (Å²) in [7, 11) is 4.16. The molecule has 2 rings (SSSR count). The Morgan fingerprint density at radius 3 is 2.11 bits per heavy atom. The zero-order chi connectivity index (χ0) is 12.8. The maximum atomic E-state index is 6.24. The number of rotatable bonds is 5. The van der Waals surface area contributed by atoms with Crippen LogP contribution in [0.3, 0.4) is 0 Å². The van der Waals surface area contributed by atoms with Gasteiger partial charge in [0.2, 0.25) is 0 Å². The summed E-state index contributed by atoms with van der Waals surface area (Å²) in [5, 5.41) is 5.40. The molecule has 0 aromatic rings. The Labute approximate surface area is 111 Å². The van der Waals surface area contributed by atoms with Crippen molar-refractivity contribution in [3.8, 4) is 0 Å². The Hall–Kier alpha value is -0.200. The molecule has 0 radical (unpaired) electrons. The molecule has 0 atom stereocenters. The molecule has 5 heteroatoms. The van der Waals surface area contributed by atoms with Crippen molar-refractivity contribution in [1.82, 2.24) is 20.7 Å². The Morgan fingerprint density at radius 2 is 1.56 bits per heavy atom. The van der Waals surface area contributed by atoms with Crippen molar-refractivity contribution >= 4 is 0 Å². The predicted octanol–water partition coefficient (Wildman–Crippen LogP) is 0.243. The Morgan fingerprint density at radius 1 is 1.00 bits per heavy atom. The van der Waals surface area contributed by atoms with Gasteiger partial charge in [-0.15, -0.1) is 0 Å². The third-order valence-corrected chi connectivity index (χ3v) is 3.97. The fourth-order valence-corrected chi connectivity index (χ4v) is 2.73. The number of hydrogen-bond donors (Lipinski definition) is 2. The summed E-state index contributed by atoms with van der Waals surface area (Å²) in [5.74, 6) is 0. The zero-order valence-corrected chi connectivity index (χ0v) is 11.8. The SMILES string of the molecule is CNCNN1CCC(OC2CCN(C)CC2)CC1. The van der Waals surface area contributed by atoms with Crippen molar-refractivity contribution in [2.24, 2.45) is 0 Å². The van der Waals surface area contributed by atoms with Gasteiger partial charge in [0.15, 0.2) is 0 Å². The molecule has 2 aliphatic rings. The van der Waals surface area contributed by atoms with Crippen LogP contribution in [-0.2, 0) is 4.74 Å².